The highest BCUT2D eigenvalue weighted by molar-refractivity contribution is 5.95. The molecule has 1 amide bonds. The number of amides is 1. The molecule has 4 nitrogen and oxygen atoms in total. The maximum atomic E-state index is 12.3. The van der Waals surface area contributed by atoms with Crippen LogP contribution in [0.4, 0.5) is 5.69 Å². The molecular weight excluding hydrogens is 216 g/mol. The van der Waals surface area contributed by atoms with Crippen LogP contribution in [0, 0.1) is 5.92 Å². The molecule has 2 rings (SSSR count). The molecule has 0 spiro atoms. The molecule has 1 saturated heterocycles. The SMILES string of the molecule is CC1NCCC1C(=O)N(C)c1cccc(O)c1. The standard InChI is InChI=1S/C13H18N2O2/c1-9-12(6-7-14-9)13(17)15(2)10-4-3-5-11(16)8-10/h3-5,8-9,12,14,16H,6-7H2,1-2H3. The normalized spacial score (nSPS) is 23.6. The van der Waals surface area contributed by atoms with Gasteiger partial charge in [0.15, 0.2) is 0 Å². The van der Waals surface area contributed by atoms with E-state index < -0.39 is 0 Å². The van der Waals surface area contributed by atoms with Crippen LogP contribution in [-0.4, -0.2) is 30.6 Å². The number of hydrogen-bond donors (Lipinski definition) is 2. The summed E-state index contributed by atoms with van der Waals surface area (Å²) in [6.45, 7) is 2.93. The Kier molecular flexibility index (Phi) is 3.33. The molecule has 0 aromatic heterocycles. The average Bonchev–Trinajstić information content (AvgIpc) is 2.73. The van der Waals surface area contributed by atoms with Crippen molar-refractivity contribution in [3.8, 4) is 5.75 Å². The van der Waals surface area contributed by atoms with E-state index in [1.807, 2.05) is 13.0 Å². The van der Waals surface area contributed by atoms with Gasteiger partial charge in [0, 0.05) is 24.8 Å². The van der Waals surface area contributed by atoms with Crippen molar-refractivity contribution in [1.29, 1.82) is 0 Å². The maximum Gasteiger partial charge on any atom is 0.231 e. The van der Waals surface area contributed by atoms with Crippen molar-refractivity contribution in [2.45, 2.75) is 19.4 Å². The van der Waals surface area contributed by atoms with E-state index in [4.69, 9.17) is 0 Å². The van der Waals surface area contributed by atoms with Crippen LogP contribution < -0.4 is 10.2 Å². The molecule has 1 aromatic carbocycles. The summed E-state index contributed by atoms with van der Waals surface area (Å²) in [5.74, 6) is 0.315. The molecule has 1 fully saturated rings. The molecule has 0 radical (unpaired) electrons. The number of carbonyl (C=O) groups is 1. The predicted molar refractivity (Wildman–Crippen MR) is 67.1 cm³/mol. The third kappa shape index (κ3) is 2.42. The molecule has 0 bridgehead atoms. The molecule has 1 aliphatic rings. The summed E-state index contributed by atoms with van der Waals surface area (Å²) < 4.78 is 0. The van der Waals surface area contributed by atoms with E-state index in [1.165, 1.54) is 0 Å². The lowest BCUT2D eigenvalue weighted by atomic mass is 10.0. The number of phenolic OH excluding ortho intramolecular Hbond substituents is 1. The Morgan fingerprint density at radius 2 is 2.29 bits per heavy atom. The van der Waals surface area contributed by atoms with Crippen LogP contribution in [0.3, 0.4) is 0 Å². The quantitative estimate of drug-likeness (QED) is 0.812. The van der Waals surface area contributed by atoms with Crippen LogP contribution >= 0.6 is 0 Å². The summed E-state index contributed by atoms with van der Waals surface area (Å²) in [7, 11) is 1.75. The molecule has 2 N–H and O–H groups in total. The molecule has 2 unspecified atom stereocenters. The summed E-state index contributed by atoms with van der Waals surface area (Å²) in [6, 6.07) is 6.99. The lowest BCUT2D eigenvalue weighted by Gasteiger charge is -2.23. The van der Waals surface area contributed by atoms with Crippen LogP contribution in [0.2, 0.25) is 0 Å². The second kappa shape index (κ2) is 4.75. The smallest absolute Gasteiger partial charge is 0.231 e. The summed E-state index contributed by atoms with van der Waals surface area (Å²) in [5.41, 5.74) is 0.731. The highest BCUT2D eigenvalue weighted by atomic mass is 16.3. The Morgan fingerprint density at radius 3 is 2.88 bits per heavy atom. The highest BCUT2D eigenvalue weighted by Crippen LogP contribution is 2.23. The monoisotopic (exact) mass is 234 g/mol. The zero-order valence-corrected chi connectivity index (χ0v) is 10.2. The minimum absolute atomic E-state index is 0.0300. The Balaban J connectivity index is 2.14. The van der Waals surface area contributed by atoms with E-state index >= 15 is 0 Å². The first kappa shape index (κ1) is 11.9. The van der Waals surface area contributed by atoms with Crippen LogP contribution in [0.15, 0.2) is 24.3 Å². The van der Waals surface area contributed by atoms with Gasteiger partial charge in [-0.05, 0) is 32.0 Å². The number of aromatic hydroxyl groups is 1. The van der Waals surface area contributed by atoms with Crippen molar-refractivity contribution in [2.75, 3.05) is 18.5 Å². The first-order valence-corrected chi connectivity index (χ1v) is 5.89. The minimum Gasteiger partial charge on any atom is -0.508 e. The van der Waals surface area contributed by atoms with Crippen molar-refractivity contribution >= 4 is 11.6 Å². The van der Waals surface area contributed by atoms with E-state index in [9.17, 15) is 9.90 Å². The lowest BCUT2D eigenvalue weighted by Crippen LogP contribution is -2.38. The number of anilines is 1. The van der Waals surface area contributed by atoms with Gasteiger partial charge in [0.25, 0.3) is 0 Å². The van der Waals surface area contributed by atoms with Gasteiger partial charge in [-0.15, -0.1) is 0 Å². The Bertz CT molecular complexity index is 420. The number of nitrogens with zero attached hydrogens (tertiary/aromatic N) is 1. The van der Waals surface area contributed by atoms with E-state index in [0.29, 0.717) is 0 Å². The number of phenols is 1. The van der Waals surface area contributed by atoms with Gasteiger partial charge in [-0.1, -0.05) is 6.07 Å². The third-order valence-electron chi connectivity index (χ3n) is 3.39. The van der Waals surface area contributed by atoms with Gasteiger partial charge < -0.3 is 15.3 Å². The van der Waals surface area contributed by atoms with E-state index in [-0.39, 0.29) is 23.6 Å². The number of rotatable bonds is 2. The van der Waals surface area contributed by atoms with Crippen molar-refractivity contribution in [1.82, 2.24) is 5.32 Å². The van der Waals surface area contributed by atoms with Crippen molar-refractivity contribution < 1.29 is 9.90 Å². The highest BCUT2D eigenvalue weighted by Gasteiger charge is 2.31. The van der Waals surface area contributed by atoms with Gasteiger partial charge in [0.1, 0.15) is 5.75 Å². The van der Waals surface area contributed by atoms with Gasteiger partial charge in [0.2, 0.25) is 5.91 Å². The van der Waals surface area contributed by atoms with Gasteiger partial charge in [-0.25, -0.2) is 0 Å². The maximum absolute atomic E-state index is 12.3. The Hall–Kier alpha value is -1.55. The Morgan fingerprint density at radius 1 is 1.53 bits per heavy atom. The molecule has 92 valence electrons. The molecule has 1 heterocycles. The van der Waals surface area contributed by atoms with E-state index in [2.05, 4.69) is 5.32 Å². The second-order valence-corrected chi connectivity index (χ2v) is 4.56. The van der Waals surface area contributed by atoms with Gasteiger partial charge in [0.05, 0.1) is 5.92 Å². The summed E-state index contributed by atoms with van der Waals surface area (Å²) >= 11 is 0. The van der Waals surface area contributed by atoms with Crippen molar-refractivity contribution in [3.63, 3.8) is 0 Å². The zero-order chi connectivity index (χ0) is 12.4. The van der Waals surface area contributed by atoms with Gasteiger partial charge in [-0.3, -0.25) is 4.79 Å². The molecule has 2 atom stereocenters. The van der Waals surface area contributed by atoms with Crippen LogP contribution in [0.25, 0.3) is 0 Å². The topological polar surface area (TPSA) is 52.6 Å². The summed E-state index contributed by atoms with van der Waals surface area (Å²) in [5, 5.41) is 12.7. The fourth-order valence-electron chi connectivity index (χ4n) is 2.27. The van der Waals surface area contributed by atoms with Crippen LogP contribution in [0.1, 0.15) is 13.3 Å². The summed E-state index contributed by atoms with van der Waals surface area (Å²) in [6.07, 6.45) is 0.878. The molecule has 1 aromatic rings. The summed E-state index contributed by atoms with van der Waals surface area (Å²) in [4.78, 5) is 13.9. The number of hydrogen-bond acceptors (Lipinski definition) is 3. The molecule has 1 aliphatic heterocycles. The molecule has 0 saturated carbocycles. The van der Waals surface area contributed by atoms with Crippen LogP contribution in [0.5, 0.6) is 5.75 Å². The van der Waals surface area contributed by atoms with Crippen LogP contribution in [-0.2, 0) is 4.79 Å². The van der Waals surface area contributed by atoms with Gasteiger partial charge >= 0.3 is 0 Å². The Labute approximate surface area is 101 Å². The zero-order valence-electron chi connectivity index (χ0n) is 10.2. The molecule has 17 heavy (non-hydrogen) atoms. The first-order valence-electron chi connectivity index (χ1n) is 5.89. The van der Waals surface area contributed by atoms with E-state index in [1.54, 1.807) is 30.1 Å². The van der Waals surface area contributed by atoms with Crippen molar-refractivity contribution in [3.05, 3.63) is 24.3 Å². The molecule has 0 aliphatic carbocycles. The fourth-order valence-corrected chi connectivity index (χ4v) is 2.27. The predicted octanol–water partition coefficient (Wildman–Crippen LogP) is 1.35. The lowest BCUT2D eigenvalue weighted by molar-refractivity contribution is -0.122. The largest absolute Gasteiger partial charge is 0.508 e. The second-order valence-electron chi connectivity index (χ2n) is 4.56. The average molecular weight is 234 g/mol. The number of carbonyl (C=O) groups excluding carboxylic acids is 1. The van der Waals surface area contributed by atoms with Crippen molar-refractivity contribution in [2.24, 2.45) is 5.92 Å². The number of benzene rings is 1. The first-order chi connectivity index (χ1) is 8.09. The fraction of sp³-hybridized carbons (Fsp3) is 0.462. The van der Waals surface area contributed by atoms with E-state index in [0.717, 1.165) is 18.7 Å². The third-order valence-corrected chi connectivity index (χ3v) is 3.39. The van der Waals surface area contributed by atoms with Gasteiger partial charge in [-0.2, -0.15) is 0 Å². The molecule has 4 heteroatoms. The molecular formula is C13H18N2O2. The minimum atomic E-state index is 0.0300. The number of nitrogens with one attached hydrogen (secondary N) is 1.